The first-order valence-electron chi connectivity index (χ1n) is 6.45. The Balaban J connectivity index is 2.00. The van der Waals surface area contributed by atoms with Crippen LogP contribution >= 0.6 is 11.6 Å². The predicted octanol–water partition coefficient (Wildman–Crippen LogP) is 1.77. The third-order valence-electron chi connectivity index (χ3n) is 2.89. The molecule has 0 bridgehead atoms. The minimum atomic E-state index is -0.519. The predicted molar refractivity (Wildman–Crippen MR) is 78.5 cm³/mol. The number of nitrogens with one attached hydrogen (secondary N) is 1. The summed E-state index contributed by atoms with van der Waals surface area (Å²) >= 11 is 5.68. The van der Waals surface area contributed by atoms with Crippen LogP contribution in [0.25, 0.3) is 11.4 Å². The van der Waals surface area contributed by atoms with Crippen molar-refractivity contribution in [2.75, 3.05) is 6.54 Å². The minimum absolute atomic E-state index is 0.169. The van der Waals surface area contributed by atoms with Gasteiger partial charge in [0.25, 0.3) is 0 Å². The fourth-order valence-electron chi connectivity index (χ4n) is 1.78. The highest BCUT2D eigenvalue weighted by Crippen LogP contribution is 2.14. The zero-order valence-electron chi connectivity index (χ0n) is 11.5. The quantitative estimate of drug-likeness (QED) is 0.855. The van der Waals surface area contributed by atoms with E-state index in [1.54, 1.807) is 11.6 Å². The van der Waals surface area contributed by atoms with Crippen LogP contribution in [0.3, 0.4) is 0 Å². The highest BCUT2D eigenvalue weighted by atomic mass is 35.5. The molecular formula is C14H17ClN4O. The Hall–Kier alpha value is -1.88. The number of rotatable bonds is 5. The number of carbonyl (C=O) groups excluding carboxylic acids is 1. The van der Waals surface area contributed by atoms with Gasteiger partial charge in [0, 0.05) is 25.6 Å². The van der Waals surface area contributed by atoms with Crippen molar-refractivity contribution in [3.8, 4) is 11.4 Å². The van der Waals surface area contributed by atoms with Crippen LogP contribution in [0, 0.1) is 0 Å². The van der Waals surface area contributed by atoms with Crippen LogP contribution in [0.4, 0.5) is 0 Å². The Kier molecular flexibility index (Phi) is 4.74. The summed E-state index contributed by atoms with van der Waals surface area (Å²) in [6, 6.07) is 9.79. The van der Waals surface area contributed by atoms with E-state index < -0.39 is 5.38 Å². The molecule has 0 saturated heterocycles. The van der Waals surface area contributed by atoms with Gasteiger partial charge in [-0.25, -0.2) is 4.98 Å². The maximum absolute atomic E-state index is 11.4. The second kappa shape index (κ2) is 6.52. The molecule has 1 atom stereocenters. The molecule has 1 unspecified atom stereocenters. The van der Waals surface area contributed by atoms with Crippen molar-refractivity contribution in [3.63, 3.8) is 0 Å². The van der Waals surface area contributed by atoms with Gasteiger partial charge in [-0.3, -0.25) is 9.48 Å². The summed E-state index contributed by atoms with van der Waals surface area (Å²) in [4.78, 5) is 15.8. The van der Waals surface area contributed by atoms with Crippen LogP contribution in [0.1, 0.15) is 12.7 Å². The molecular weight excluding hydrogens is 276 g/mol. The van der Waals surface area contributed by atoms with Gasteiger partial charge in [0.1, 0.15) is 11.2 Å². The normalized spacial score (nSPS) is 12.2. The fourth-order valence-corrected chi connectivity index (χ4v) is 1.86. The average molecular weight is 293 g/mol. The van der Waals surface area contributed by atoms with E-state index in [1.165, 1.54) is 0 Å². The number of benzene rings is 1. The molecule has 0 saturated carbocycles. The Morgan fingerprint density at radius 2 is 2.10 bits per heavy atom. The minimum Gasteiger partial charge on any atom is -0.354 e. The SMILES string of the molecule is CC(Cl)C(=O)NCCc1nc(-c2ccccc2)nn1C. The Morgan fingerprint density at radius 3 is 2.75 bits per heavy atom. The molecule has 0 aliphatic rings. The summed E-state index contributed by atoms with van der Waals surface area (Å²) < 4.78 is 1.73. The molecule has 0 radical (unpaired) electrons. The Labute approximate surface area is 123 Å². The van der Waals surface area contributed by atoms with E-state index in [2.05, 4.69) is 15.4 Å². The van der Waals surface area contributed by atoms with Gasteiger partial charge in [0.15, 0.2) is 5.82 Å². The molecule has 1 heterocycles. The second-order valence-electron chi connectivity index (χ2n) is 4.50. The number of carbonyl (C=O) groups is 1. The molecule has 1 aromatic heterocycles. The molecule has 106 valence electrons. The van der Waals surface area contributed by atoms with E-state index in [-0.39, 0.29) is 5.91 Å². The summed E-state index contributed by atoms with van der Waals surface area (Å²) in [7, 11) is 1.85. The van der Waals surface area contributed by atoms with Gasteiger partial charge < -0.3 is 5.32 Å². The van der Waals surface area contributed by atoms with Crippen molar-refractivity contribution >= 4 is 17.5 Å². The lowest BCUT2D eigenvalue weighted by atomic mass is 10.2. The van der Waals surface area contributed by atoms with Crippen LogP contribution in [0.2, 0.25) is 0 Å². The van der Waals surface area contributed by atoms with E-state index >= 15 is 0 Å². The number of aromatic nitrogens is 3. The molecule has 0 aliphatic heterocycles. The van der Waals surface area contributed by atoms with E-state index in [0.29, 0.717) is 18.8 Å². The molecule has 2 aromatic rings. The lowest BCUT2D eigenvalue weighted by Crippen LogP contribution is -2.31. The number of amides is 1. The number of hydrogen-bond donors (Lipinski definition) is 1. The standard InChI is InChI=1S/C14H17ClN4O/c1-10(15)14(20)16-9-8-12-17-13(18-19(12)2)11-6-4-3-5-7-11/h3-7,10H,8-9H2,1-2H3,(H,16,20). The van der Waals surface area contributed by atoms with Crippen LogP contribution in [-0.4, -0.2) is 32.6 Å². The van der Waals surface area contributed by atoms with Crippen molar-refractivity contribution in [2.24, 2.45) is 7.05 Å². The summed E-state index contributed by atoms with van der Waals surface area (Å²) in [6.07, 6.45) is 0.617. The third kappa shape index (κ3) is 3.57. The highest BCUT2D eigenvalue weighted by Gasteiger charge is 2.11. The zero-order valence-corrected chi connectivity index (χ0v) is 12.3. The van der Waals surface area contributed by atoms with Crippen molar-refractivity contribution < 1.29 is 4.79 Å². The maximum Gasteiger partial charge on any atom is 0.237 e. The molecule has 0 aliphatic carbocycles. The molecule has 6 heteroatoms. The van der Waals surface area contributed by atoms with Gasteiger partial charge in [-0.15, -0.1) is 11.6 Å². The topological polar surface area (TPSA) is 59.8 Å². The number of aryl methyl sites for hydroxylation is 1. The first-order valence-corrected chi connectivity index (χ1v) is 6.88. The van der Waals surface area contributed by atoms with Crippen LogP contribution in [0.5, 0.6) is 0 Å². The van der Waals surface area contributed by atoms with Gasteiger partial charge in [0.2, 0.25) is 5.91 Å². The number of alkyl halides is 1. The fraction of sp³-hybridized carbons (Fsp3) is 0.357. The van der Waals surface area contributed by atoms with E-state index in [1.807, 2.05) is 37.4 Å². The molecule has 1 amide bonds. The van der Waals surface area contributed by atoms with Crippen molar-refractivity contribution in [1.29, 1.82) is 0 Å². The van der Waals surface area contributed by atoms with Crippen molar-refractivity contribution in [2.45, 2.75) is 18.7 Å². The van der Waals surface area contributed by atoms with Crippen LogP contribution in [0.15, 0.2) is 30.3 Å². The first kappa shape index (κ1) is 14.5. The van der Waals surface area contributed by atoms with E-state index in [9.17, 15) is 4.79 Å². The molecule has 20 heavy (non-hydrogen) atoms. The smallest absolute Gasteiger partial charge is 0.237 e. The summed E-state index contributed by atoms with van der Waals surface area (Å²) in [5.41, 5.74) is 0.979. The number of hydrogen-bond acceptors (Lipinski definition) is 3. The number of nitrogens with zero attached hydrogens (tertiary/aromatic N) is 3. The molecule has 1 N–H and O–H groups in total. The largest absolute Gasteiger partial charge is 0.354 e. The van der Waals surface area contributed by atoms with Gasteiger partial charge >= 0.3 is 0 Å². The van der Waals surface area contributed by atoms with Gasteiger partial charge in [-0.2, -0.15) is 5.10 Å². The Bertz CT molecular complexity index is 580. The monoisotopic (exact) mass is 292 g/mol. The molecule has 0 spiro atoms. The van der Waals surface area contributed by atoms with E-state index in [4.69, 9.17) is 11.6 Å². The second-order valence-corrected chi connectivity index (χ2v) is 5.15. The summed E-state index contributed by atoms with van der Waals surface area (Å²) in [5.74, 6) is 1.35. The van der Waals surface area contributed by atoms with Crippen LogP contribution < -0.4 is 5.32 Å². The van der Waals surface area contributed by atoms with Crippen LogP contribution in [-0.2, 0) is 18.3 Å². The highest BCUT2D eigenvalue weighted by molar-refractivity contribution is 6.30. The molecule has 2 rings (SSSR count). The van der Waals surface area contributed by atoms with E-state index in [0.717, 1.165) is 11.4 Å². The third-order valence-corrected chi connectivity index (χ3v) is 3.09. The molecule has 5 nitrogen and oxygen atoms in total. The summed E-state index contributed by atoms with van der Waals surface area (Å²) in [5, 5.41) is 6.62. The van der Waals surface area contributed by atoms with Crippen molar-refractivity contribution in [3.05, 3.63) is 36.2 Å². The lowest BCUT2D eigenvalue weighted by Gasteiger charge is -2.05. The molecule has 1 aromatic carbocycles. The Morgan fingerprint density at radius 1 is 1.40 bits per heavy atom. The number of halogens is 1. The maximum atomic E-state index is 11.4. The summed E-state index contributed by atoms with van der Waals surface area (Å²) in [6.45, 7) is 2.14. The first-order chi connectivity index (χ1) is 9.58. The van der Waals surface area contributed by atoms with Gasteiger partial charge in [0.05, 0.1) is 0 Å². The lowest BCUT2D eigenvalue weighted by molar-refractivity contribution is -0.120. The molecule has 0 fully saturated rings. The van der Waals surface area contributed by atoms with Gasteiger partial charge in [-0.05, 0) is 6.92 Å². The zero-order chi connectivity index (χ0) is 14.5. The average Bonchev–Trinajstić information content (AvgIpc) is 2.81. The van der Waals surface area contributed by atoms with Gasteiger partial charge in [-0.1, -0.05) is 30.3 Å². The van der Waals surface area contributed by atoms with Crippen molar-refractivity contribution in [1.82, 2.24) is 20.1 Å².